The van der Waals surface area contributed by atoms with Gasteiger partial charge in [-0.1, -0.05) is 36.4 Å². The van der Waals surface area contributed by atoms with Crippen molar-refractivity contribution < 1.29 is 9.47 Å². The molecule has 1 aromatic heterocycles. The molecule has 2 aromatic carbocycles. The molecular formula is C23H24N2O2. The first kappa shape index (κ1) is 17.6. The fourth-order valence-corrected chi connectivity index (χ4v) is 3.51. The minimum atomic E-state index is 0.162. The zero-order chi connectivity index (χ0) is 18.5. The molecule has 0 saturated heterocycles. The molecule has 1 atom stereocenters. The third-order valence-electron chi connectivity index (χ3n) is 4.92. The molecule has 138 valence electrons. The lowest BCUT2D eigenvalue weighted by Crippen LogP contribution is -2.34. The van der Waals surface area contributed by atoms with Gasteiger partial charge in [-0.2, -0.15) is 0 Å². The number of nitrogens with one attached hydrogen (secondary N) is 1. The summed E-state index contributed by atoms with van der Waals surface area (Å²) in [6, 6.07) is 18.7. The van der Waals surface area contributed by atoms with Crippen LogP contribution in [0.3, 0.4) is 0 Å². The molecule has 0 bridgehead atoms. The highest BCUT2D eigenvalue weighted by molar-refractivity contribution is 5.62. The molecule has 4 rings (SSSR count). The van der Waals surface area contributed by atoms with Crippen LogP contribution < -0.4 is 14.8 Å². The Hall–Kier alpha value is -2.85. The van der Waals surface area contributed by atoms with Crippen molar-refractivity contribution >= 4 is 0 Å². The fraction of sp³-hybridized carbons (Fsp3) is 0.261. The van der Waals surface area contributed by atoms with Crippen LogP contribution in [-0.4, -0.2) is 24.7 Å². The number of hydrogen-bond acceptors (Lipinski definition) is 4. The van der Waals surface area contributed by atoms with Crippen LogP contribution in [0, 0.1) is 0 Å². The van der Waals surface area contributed by atoms with Gasteiger partial charge in [0.2, 0.25) is 0 Å². The minimum absolute atomic E-state index is 0.162. The second-order valence-electron chi connectivity index (χ2n) is 6.80. The molecule has 27 heavy (non-hydrogen) atoms. The summed E-state index contributed by atoms with van der Waals surface area (Å²) >= 11 is 0. The van der Waals surface area contributed by atoms with Crippen LogP contribution in [0.2, 0.25) is 0 Å². The molecule has 0 saturated carbocycles. The van der Waals surface area contributed by atoms with E-state index in [4.69, 9.17) is 9.47 Å². The van der Waals surface area contributed by atoms with Gasteiger partial charge in [0, 0.05) is 25.5 Å². The Labute approximate surface area is 160 Å². The van der Waals surface area contributed by atoms with Gasteiger partial charge < -0.3 is 14.8 Å². The van der Waals surface area contributed by atoms with E-state index < -0.39 is 0 Å². The summed E-state index contributed by atoms with van der Waals surface area (Å²) in [6.45, 7) is 1.63. The standard InChI is InChI=1S/C23H24N2O2/c1-26-22-9-3-6-18-10-11-21(27-23(18)22)16-25-14-17-5-2-7-19(13-17)20-8-4-12-24-15-20/h2-9,12-13,15,21,25H,10-11,14,16H2,1H3. The second-order valence-corrected chi connectivity index (χ2v) is 6.80. The van der Waals surface area contributed by atoms with E-state index in [1.165, 1.54) is 16.7 Å². The Kier molecular flexibility index (Phi) is 5.35. The van der Waals surface area contributed by atoms with Gasteiger partial charge >= 0.3 is 0 Å². The van der Waals surface area contributed by atoms with E-state index in [0.717, 1.165) is 43.0 Å². The lowest BCUT2D eigenvalue weighted by atomic mass is 10.0. The summed E-state index contributed by atoms with van der Waals surface area (Å²) in [4.78, 5) is 4.20. The lowest BCUT2D eigenvalue weighted by molar-refractivity contribution is 0.163. The number of nitrogens with zero attached hydrogens (tertiary/aromatic N) is 1. The SMILES string of the molecule is COc1cccc2c1OC(CNCc1cccc(-c3cccnc3)c1)CC2. The maximum absolute atomic E-state index is 6.19. The molecule has 1 N–H and O–H groups in total. The predicted molar refractivity (Wildman–Crippen MR) is 107 cm³/mol. The molecule has 1 aliphatic heterocycles. The van der Waals surface area contributed by atoms with E-state index in [1.54, 1.807) is 13.3 Å². The second kappa shape index (κ2) is 8.23. The average molecular weight is 360 g/mol. The molecule has 0 fully saturated rings. The Morgan fingerprint density at radius 3 is 2.85 bits per heavy atom. The first-order valence-corrected chi connectivity index (χ1v) is 9.36. The van der Waals surface area contributed by atoms with Crippen LogP contribution in [0.4, 0.5) is 0 Å². The van der Waals surface area contributed by atoms with Crippen molar-refractivity contribution in [2.75, 3.05) is 13.7 Å². The van der Waals surface area contributed by atoms with Crippen molar-refractivity contribution in [2.24, 2.45) is 0 Å². The number of fused-ring (bicyclic) bond motifs is 1. The van der Waals surface area contributed by atoms with Gasteiger partial charge in [0.05, 0.1) is 7.11 Å². The van der Waals surface area contributed by atoms with Gasteiger partial charge in [-0.15, -0.1) is 0 Å². The van der Waals surface area contributed by atoms with Crippen molar-refractivity contribution in [3.63, 3.8) is 0 Å². The third kappa shape index (κ3) is 4.12. The summed E-state index contributed by atoms with van der Waals surface area (Å²) < 4.78 is 11.6. The zero-order valence-electron chi connectivity index (χ0n) is 15.5. The van der Waals surface area contributed by atoms with Crippen LogP contribution in [0.5, 0.6) is 11.5 Å². The number of aryl methyl sites for hydroxylation is 1. The molecule has 0 aliphatic carbocycles. The molecule has 1 aliphatic rings. The van der Waals surface area contributed by atoms with Crippen molar-refractivity contribution in [2.45, 2.75) is 25.5 Å². The summed E-state index contributed by atoms with van der Waals surface area (Å²) in [5, 5.41) is 3.54. The van der Waals surface area contributed by atoms with Crippen molar-refractivity contribution in [3.05, 3.63) is 78.1 Å². The number of hydrogen-bond donors (Lipinski definition) is 1. The van der Waals surface area contributed by atoms with Crippen LogP contribution in [0.1, 0.15) is 17.5 Å². The van der Waals surface area contributed by atoms with Crippen LogP contribution in [0.15, 0.2) is 67.0 Å². The van der Waals surface area contributed by atoms with Crippen LogP contribution >= 0.6 is 0 Å². The van der Waals surface area contributed by atoms with Gasteiger partial charge in [-0.05, 0) is 53.3 Å². The number of rotatable bonds is 6. The number of para-hydroxylation sites is 1. The van der Waals surface area contributed by atoms with Crippen molar-refractivity contribution in [1.82, 2.24) is 10.3 Å². The molecular weight excluding hydrogens is 336 g/mol. The number of benzene rings is 2. The third-order valence-corrected chi connectivity index (χ3v) is 4.92. The zero-order valence-corrected chi connectivity index (χ0v) is 15.5. The summed E-state index contributed by atoms with van der Waals surface area (Å²) in [6.07, 6.45) is 5.90. The molecule has 3 aromatic rings. The number of pyridine rings is 1. The van der Waals surface area contributed by atoms with Gasteiger partial charge in [0.1, 0.15) is 6.10 Å². The number of aromatic nitrogens is 1. The highest BCUT2D eigenvalue weighted by atomic mass is 16.5. The van der Waals surface area contributed by atoms with E-state index in [0.29, 0.717) is 0 Å². The smallest absolute Gasteiger partial charge is 0.164 e. The molecule has 1 unspecified atom stereocenters. The highest BCUT2D eigenvalue weighted by Gasteiger charge is 2.22. The van der Waals surface area contributed by atoms with Crippen LogP contribution in [0.25, 0.3) is 11.1 Å². The summed E-state index contributed by atoms with van der Waals surface area (Å²) in [5.74, 6) is 1.72. The topological polar surface area (TPSA) is 43.4 Å². The first-order chi connectivity index (χ1) is 13.3. The molecule has 0 radical (unpaired) electrons. The van der Waals surface area contributed by atoms with Gasteiger partial charge in [-0.25, -0.2) is 0 Å². The largest absolute Gasteiger partial charge is 0.493 e. The van der Waals surface area contributed by atoms with Gasteiger partial charge in [0.25, 0.3) is 0 Å². The molecule has 2 heterocycles. The van der Waals surface area contributed by atoms with E-state index in [2.05, 4.69) is 46.7 Å². The van der Waals surface area contributed by atoms with Crippen molar-refractivity contribution in [1.29, 1.82) is 0 Å². The van der Waals surface area contributed by atoms with E-state index in [1.807, 2.05) is 24.4 Å². The number of ether oxygens (including phenoxy) is 2. The van der Waals surface area contributed by atoms with E-state index in [-0.39, 0.29) is 6.10 Å². The van der Waals surface area contributed by atoms with Crippen molar-refractivity contribution in [3.8, 4) is 22.6 Å². The maximum Gasteiger partial charge on any atom is 0.164 e. The molecule has 0 spiro atoms. The highest BCUT2D eigenvalue weighted by Crippen LogP contribution is 2.36. The quantitative estimate of drug-likeness (QED) is 0.714. The normalized spacial score (nSPS) is 15.7. The lowest BCUT2D eigenvalue weighted by Gasteiger charge is -2.27. The summed E-state index contributed by atoms with van der Waals surface area (Å²) in [5.41, 5.74) is 4.81. The predicted octanol–water partition coefficient (Wildman–Crippen LogP) is 4.24. The molecule has 4 heteroatoms. The molecule has 0 amide bonds. The molecule has 4 nitrogen and oxygen atoms in total. The Morgan fingerprint density at radius 1 is 1.11 bits per heavy atom. The Bertz CT molecular complexity index is 882. The summed E-state index contributed by atoms with van der Waals surface area (Å²) in [7, 11) is 1.69. The van der Waals surface area contributed by atoms with E-state index >= 15 is 0 Å². The minimum Gasteiger partial charge on any atom is -0.493 e. The fourth-order valence-electron chi connectivity index (χ4n) is 3.51. The Morgan fingerprint density at radius 2 is 2.00 bits per heavy atom. The maximum atomic E-state index is 6.19. The first-order valence-electron chi connectivity index (χ1n) is 9.36. The Balaban J connectivity index is 1.35. The van der Waals surface area contributed by atoms with E-state index in [9.17, 15) is 0 Å². The van der Waals surface area contributed by atoms with Crippen LogP contribution in [-0.2, 0) is 13.0 Å². The average Bonchev–Trinajstić information content (AvgIpc) is 2.74. The van der Waals surface area contributed by atoms with Gasteiger partial charge in [0.15, 0.2) is 11.5 Å². The van der Waals surface area contributed by atoms with Gasteiger partial charge in [-0.3, -0.25) is 4.98 Å². The monoisotopic (exact) mass is 360 g/mol. The number of methoxy groups -OCH3 is 1.